The lowest BCUT2D eigenvalue weighted by Gasteiger charge is -2.14. The van der Waals surface area contributed by atoms with Crippen molar-refractivity contribution in [1.29, 1.82) is 0 Å². The maximum absolute atomic E-state index is 9.26. The second-order valence-corrected chi connectivity index (χ2v) is 5.27. The Hall–Kier alpha value is -1.33. The molecule has 2 aromatic rings. The maximum atomic E-state index is 9.26. The summed E-state index contributed by atoms with van der Waals surface area (Å²) in [6.07, 6.45) is 0. The molecule has 0 aliphatic rings. The zero-order chi connectivity index (χ0) is 14.5. The first kappa shape index (κ1) is 15.1. The van der Waals surface area contributed by atoms with Gasteiger partial charge in [0, 0.05) is 16.3 Å². The Morgan fingerprint density at radius 1 is 1.05 bits per heavy atom. The van der Waals surface area contributed by atoms with Crippen molar-refractivity contribution in [2.24, 2.45) is 0 Å². The van der Waals surface area contributed by atoms with E-state index in [4.69, 9.17) is 35.4 Å². The second kappa shape index (κ2) is 6.90. The van der Waals surface area contributed by atoms with Crippen molar-refractivity contribution < 1.29 is 5.11 Å². The Labute approximate surface area is 132 Å². The van der Waals surface area contributed by atoms with Gasteiger partial charge in [-0.2, -0.15) is 0 Å². The molecule has 0 fully saturated rings. The van der Waals surface area contributed by atoms with Gasteiger partial charge < -0.3 is 15.7 Å². The molecular weight excluding hydrogens is 315 g/mol. The number of benzene rings is 2. The van der Waals surface area contributed by atoms with E-state index in [1.807, 2.05) is 24.3 Å². The fourth-order valence-corrected chi connectivity index (χ4v) is 2.32. The van der Waals surface area contributed by atoms with Gasteiger partial charge in [-0.3, -0.25) is 0 Å². The van der Waals surface area contributed by atoms with Gasteiger partial charge in [0.25, 0.3) is 0 Å². The van der Waals surface area contributed by atoms with Gasteiger partial charge >= 0.3 is 0 Å². The first-order chi connectivity index (χ1) is 9.60. The molecule has 104 valence electrons. The molecule has 3 N–H and O–H groups in total. The summed E-state index contributed by atoms with van der Waals surface area (Å²) in [6.45, 7) is -0.0620. The number of thiocarbonyl (C=S) groups is 1. The van der Waals surface area contributed by atoms with E-state index in [9.17, 15) is 5.11 Å². The van der Waals surface area contributed by atoms with Crippen molar-refractivity contribution in [2.45, 2.75) is 6.61 Å². The fraction of sp³-hybridized carbons (Fsp3) is 0.0714. The molecule has 0 amide bonds. The van der Waals surface area contributed by atoms with Gasteiger partial charge in [-0.1, -0.05) is 41.4 Å². The number of halogens is 2. The number of rotatable bonds is 3. The number of aliphatic hydroxyl groups excluding tert-OH is 1. The summed E-state index contributed by atoms with van der Waals surface area (Å²) < 4.78 is 0. The summed E-state index contributed by atoms with van der Waals surface area (Å²) in [5, 5.41) is 16.7. The van der Waals surface area contributed by atoms with Crippen LogP contribution in [0, 0.1) is 0 Å². The number of nitrogens with one attached hydrogen (secondary N) is 2. The van der Waals surface area contributed by atoms with Crippen molar-refractivity contribution in [2.75, 3.05) is 10.6 Å². The molecule has 2 aromatic carbocycles. The maximum Gasteiger partial charge on any atom is 0.175 e. The van der Waals surface area contributed by atoms with Crippen LogP contribution in [0.15, 0.2) is 42.5 Å². The molecule has 6 heteroatoms. The predicted molar refractivity (Wildman–Crippen MR) is 88.7 cm³/mol. The molecule has 0 aromatic heterocycles. The first-order valence-electron chi connectivity index (χ1n) is 5.82. The highest BCUT2D eigenvalue weighted by Gasteiger charge is 2.06. The topological polar surface area (TPSA) is 44.3 Å². The van der Waals surface area contributed by atoms with Crippen molar-refractivity contribution in [1.82, 2.24) is 0 Å². The SMILES string of the molecule is OCc1ccccc1NC(=S)Nc1ccc(Cl)cc1Cl. The van der Waals surface area contributed by atoms with Gasteiger partial charge in [-0.05, 0) is 36.5 Å². The van der Waals surface area contributed by atoms with Crippen LogP contribution in [-0.2, 0) is 6.61 Å². The molecule has 0 atom stereocenters. The Bertz CT molecular complexity index is 634. The van der Waals surface area contributed by atoms with E-state index >= 15 is 0 Å². The highest BCUT2D eigenvalue weighted by Crippen LogP contribution is 2.25. The second-order valence-electron chi connectivity index (χ2n) is 4.02. The third-order valence-electron chi connectivity index (χ3n) is 2.62. The van der Waals surface area contributed by atoms with E-state index in [1.165, 1.54) is 0 Å². The average Bonchev–Trinajstić information content (AvgIpc) is 2.42. The molecule has 20 heavy (non-hydrogen) atoms. The average molecular weight is 327 g/mol. The van der Waals surface area contributed by atoms with Crippen molar-refractivity contribution in [3.8, 4) is 0 Å². The van der Waals surface area contributed by atoms with Crippen molar-refractivity contribution in [3.05, 3.63) is 58.1 Å². The van der Waals surface area contributed by atoms with E-state index < -0.39 is 0 Å². The largest absolute Gasteiger partial charge is 0.392 e. The molecule has 0 radical (unpaired) electrons. The normalized spacial score (nSPS) is 10.2. The molecular formula is C14H12Cl2N2OS. The predicted octanol–water partition coefficient (Wildman–Crippen LogP) is 4.29. The van der Waals surface area contributed by atoms with E-state index in [-0.39, 0.29) is 6.61 Å². The van der Waals surface area contributed by atoms with Gasteiger partial charge in [0.1, 0.15) is 0 Å². The summed E-state index contributed by atoms with van der Waals surface area (Å²) in [6, 6.07) is 12.5. The minimum Gasteiger partial charge on any atom is -0.392 e. The van der Waals surface area contributed by atoms with Gasteiger partial charge in [-0.15, -0.1) is 0 Å². The number of para-hydroxylation sites is 1. The lowest BCUT2D eigenvalue weighted by atomic mass is 10.2. The van der Waals surface area contributed by atoms with Crippen LogP contribution in [0.4, 0.5) is 11.4 Å². The molecule has 0 bridgehead atoms. The molecule has 2 rings (SSSR count). The van der Waals surface area contributed by atoms with E-state index in [0.29, 0.717) is 20.8 Å². The summed E-state index contributed by atoms with van der Waals surface area (Å²) in [5.74, 6) is 0. The Balaban J connectivity index is 2.09. The highest BCUT2D eigenvalue weighted by molar-refractivity contribution is 7.80. The molecule has 0 aliphatic heterocycles. The van der Waals surface area contributed by atoms with E-state index in [0.717, 1.165) is 11.3 Å². The van der Waals surface area contributed by atoms with Crippen LogP contribution >= 0.6 is 35.4 Å². The molecule has 0 saturated carbocycles. The number of aliphatic hydroxyl groups is 1. The van der Waals surface area contributed by atoms with Crippen molar-refractivity contribution in [3.63, 3.8) is 0 Å². The standard InChI is InChI=1S/C14H12Cl2N2OS/c15-10-5-6-13(11(16)7-10)18-14(20)17-12-4-2-1-3-9(12)8-19/h1-7,19H,8H2,(H2,17,18,20). The van der Waals surface area contributed by atoms with Crippen LogP contribution in [0.3, 0.4) is 0 Å². The zero-order valence-corrected chi connectivity index (χ0v) is 12.7. The van der Waals surface area contributed by atoms with E-state index in [1.54, 1.807) is 18.2 Å². The molecule has 3 nitrogen and oxygen atoms in total. The minimum absolute atomic E-state index is 0.0620. The highest BCUT2D eigenvalue weighted by atomic mass is 35.5. The fourth-order valence-electron chi connectivity index (χ4n) is 1.65. The third kappa shape index (κ3) is 3.84. The lowest BCUT2D eigenvalue weighted by Crippen LogP contribution is -2.20. The van der Waals surface area contributed by atoms with Gasteiger partial charge in [0.15, 0.2) is 5.11 Å². The van der Waals surface area contributed by atoms with Crippen molar-refractivity contribution >= 4 is 51.9 Å². The van der Waals surface area contributed by atoms with Gasteiger partial charge in [0.2, 0.25) is 0 Å². The third-order valence-corrected chi connectivity index (χ3v) is 3.37. The van der Waals surface area contributed by atoms with Gasteiger partial charge in [0.05, 0.1) is 17.3 Å². The number of hydrogen-bond donors (Lipinski definition) is 3. The van der Waals surface area contributed by atoms with Crippen LogP contribution in [0.1, 0.15) is 5.56 Å². The quantitative estimate of drug-likeness (QED) is 0.736. The van der Waals surface area contributed by atoms with E-state index in [2.05, 4.69) is 10.6 Å². The molecule has 0 heterocycles. The minimum atomic E-state index is -0.0620. The van der Waals surface area contributed by atoms with Gasteiger partial charge in [-0.25, -0.2) is 0 Å². The van der Waals surface area contributed by atoms with Crippen LogP contribution in [0.5, 0.6) is 0 Å². The molecule has 0 unspecified atom stereocenters. The molecule has 0 saturated heterocycles. The number of anilines is 2. The smallest absolute Gasteiger partial charge is 0.175 e. The summed E-state index contributed by atoms with van der Waals surface area (Å²) in [7, 11) is 0. The summed E-state index contributed by atoms with van der Waals surface area (Å²) >= 11 is 17.1. The Kier molecular flexibility index (Phi) is 5.20. The Morgan fingerprint density at radius 2 is 1.75 bits per heavy atom. The first-order valence-corrected chi connectivity index (χ1v) is 6.98. The van der Waals surface area contributed by atoms with Crippen LogP contribution in [-0.4, -0.2) is 10.2 Å². The summed E-state index contributed by atoms with van der Waals surface area (Å²) in [4.78, 5) is 0. The molecule has 0 spiro atoms. The van der Waals surface area contributed by atoms with Crippen LogP contribution < -0.4 is 10.6 Å². The van der Waals surface area contributed by atoms with Crippen LogP contribution in [0.25, 0.3) is 0 Å². The Morgan fingerprint density at radius 3 is 2.45 bits per heavy atom. The zero-order valence-electron chi connectivity index (χ0n) is 10.4. The monoisotopic (exact) mass is 326 g/mol. The lowest BCUT2D eigenvalue weighted by molar-refractivity contribution is 0.282. The summed E-state index contributed by atoms with van der Waals surface area (Å²) in [5.41, 5.74) is 2.17. The molecule has 0 aliphatic carbocycles. The van der Waals surface area contributed by atoms with Crippen LogP contribution in [0.2, 0.25) is 10.0 Å². The number of hydrogen-bond acceptors (Lipinski definition) is 2.